The number of aliphatic hydroxyl groups excluding tert-OH is 3. The molecule has 3 N–H and O–H groups in total. The number of hydrogen-bond acceptors (Lipinski definition) is 7. The second-order valence-corrected chi connectivity index (χ2v) is 15.8. The van der Waals surface area contributed by atoms with Gasteiger partial charge in [0.25, 0.3) is 0 Å². The van der Waals surface area contributed by atoms with Gasteiger partial charge in [-0.3, -0.25) is 4.90 Å². The Labute approximate surface area is 269 Å². The molecule has 0 saturated carbocycles. The fourth-order valence-corrected chi connectivity index (χ4v) is 6.70. The molecule has 2 aromatic carbocycles. The number of nitrogens with zero attached hydrogens (tertiary/aromatic N) is 1. The summed E-state index contributed by atoms with van der Waals surface area (Å²) in [5.74, 6) is -0.0573. The van der Waals surface area contributed by atoms with E-state index in [1.54, 1.807) is 17.0 Å². The number of hydrogen-bond donors (Lipinski definition) is 3. The van der Waals surface area contributed by atoms with Crippen molar-refractivity contribution >= 4 is 11.8 Å². The molecule has 0 bridgehead atoms. The predicted molar refractivity (Wildman–Crippen MR) is 168 cm³/mol. The van der Waals surface area contributed by atoms with Crippen LogP contribution in [0.15, 0.2) is 46.2 Å². The van der Waals surface area contributed by atoms with E-state index in [4.69, 9.17) is 15.3 Å². The first-order chi connectivity index (χ1) is 18.7. The van der Waals surface area contributed by atoms with Gasteiger partial charge in [0.2, 0.25) is 0 Å². The van der Waals surface area contributed by atoms with Crippen LogP contribution in [0.2, 0.25) is 0 Å². The Morgan fingerprint density at radius 2 is 0.905 bits per heavy atom. The van der Waals surface area contributed by atoms with E-state index in [1.165, 1.54) is 11.8 Å². The van der Waals surface area contributed by atoms with Gasteiger partial charge >= 0.3 is 16.5 Å². The Kier molecular flexibility index (Phi) is 16.7. The Balaban J connectivity index is 0.00000131. The summed E-state index contributed by atoms with van der Waals surface area (Å²) in [6, 6.07) is 11.2. The van der Waals surface area contributed by atoms with Crippen LogP contribution >= 0.6 is 11.8 Å². The fraction of sp³-hybridized carbons (Fsp3) is 0.647. The molecule has 0 heterocycles. The molecule has 0 aliphatic heterocycles. The van der Waals surface area contributed by atoms with E-state index >= 15 is 0 Å². The van der Waals surface area contributed by atoms with Gasteiger partial charge in [0.15, 0.2) is 0 Å². The smallest absolute Gasteiger partial charge is 0.872 e. The van der Waals surface area contributed by atoms with E-state index in [9.17, 15) is 10.2 Å². The maximum atomic E-state index is 12.6. The van der Waals surface area contributed by atoms with Crippen LogP contribution < -0.4 is 10.2 Å². The zero-order valence-corrected chi connectivity index (χ0v) is 29.3. The molecule has 2 rings (SSSR count). The van der Waals surface area contributed by atoms with Crippen LogP contribution in [-0.2, 0) is 27.3 Å². The van der Waals surface area contributed by atoms with Crippen LogP contribution in [0, 0.1) is 10.8 Å². The summed E-state index contributed by atoms with van der Waals surface area (Å²) in [5, 5.41) is 50.7. The van der Waals surface area contributed by atoms with Crippen LogP contribution in [0.5, 0.6) is 11.5 Å². The molecule has 0 radical (unpaired) electrons. The summed E-state index contributed by atoms with van der Waals surface area (Å²) in [6.45, 7) is 24.1. The molecule has 0 aliphatic rings. The van der Waals surface area contributed by atoms with Gasteiger partial charge in [-0.15, -0.1) is 0 Å². The first-order valence-electron chi connectivity index (χ1n) is 14.6. The minimum atomic E-state index is -0.0574. The van der Waals surface area contributed by atoms with Crippen LogP contribution in [0.25, 0.3) is 0 Å². The van der Waals surface area contributed by atoms with E-state index in [2.05, 4.69) is 69.2 Å². The normalized spacial score (nSPS) is 12.5. The zero-order valence-electron chi connectivity index (χ0n) is 27.5. The average Bonchev–Trinajstić information content (AvgIpc) is 2.79. The first-order valence-corrected chi connectivity index (χ1v) is 15.4. The standard InChI is InChI=1S/C28H42O2S.C6H15NO3.Ni/c1-25(2,3)17-27(7,8)19-11-13-21(29)23(15-19)31-24-16-20(12-14-22(24)30)28(9,10)18-26(4,5)6;8-4-1-7(2-5-9)3-6-10;/h11-16,29-30H,17-18H2,1-10H3;8-10H,1-6H2;/q;;+2/p-2. The molecule has 8 heteroatoms. The third-order valence-corrected chi connectivity index (χ3v) is 7.94. The van der Waals surface area contributed by atoms with E-state index in [0.29, 0.717) is 29.4 Å². The van der Waals surface area contributed by atoms with Crippen molar-refractivity contribution in [1.29, 1.82) is 0 Å². The Bertz CT molecular complexity index is 987. The molecule has 0 fully saturated rings. The number of benzene rings is 2. The minimum Gasteiger partial charge on any atom is -0.872 e. The van der Waals surface area contributed by atoms with Gasteiger partial charge in [-0.25, -0.2) is 0 Å². The number of rotatable bonds is 12. The van der Waals surface area contributed by atoms with Gasteiger partial charge in [-0.1, -0.05) is 117 Å². The third kappa shape index (κ3) is 14.5. The van der Waals surface area contributed by atoms with Crippen molar-refractivity contribution in [3.05, 3.63) is 47.5 Å². The summed E-state index contributed by atoms with van der Waals surface area (Å²) in [5.41, 5.74) is 2.53. The molecule has 0 saturated heterocycles. The summed E-state index contributed by atoms with van der Waals surface area (Å²) in [7, 11) is 0. The molecule has 242 valence electrons. The van der Waals surface area contributed by atoms with E-state index in [0.717, 1.165) is 24.0 Å². The largest absolute Gasteiger partial charge is 2.00 e. The topological polar surface area (TPSA) is 110 Å². The average molecular weight is 649 g/mol. The van der Waals surface area contributed by atoms with E-state index in [-0.39, 0.29) is 69.5 Å². The summed E-state index contributed by atoms with van der Waals surface area (Å²) in [4.78, 5) is 3.05. The molecule has 0 aliphatic carbocycles. The zero-order chi connectivity index (χ0) is 31.6. The Hall–Kier alpha value is -1.28. The first kappa shape index (κ1) is 40.7. The summed E-state index contributed by atoms with van der Waals surface area (Å²) in [6.07, 6.45) is 2.01. The van der Waals surface area contributed by atoms with Crippen LogP contribution in [0.3, 0.4) is 0 Å². The van der Waals surface area contributed by atoms with Crippen molar-refractivity contribution in [3.8, 4) is 11.5 Å². The quantitative estimate of drug-likeness (QED) is 0.254. The molecular weight excluding hydrogens is 593 g/mol. The monoisotopic (exact) mass is 647 g/mol. The molecule has 0 aromatic heterocycles. The van der Waals surface area contributed by atoms with E-state index in [1.807, 2.05) is 24.3 Å². The predicted octanol–water partition coefficient (Wildman–Crippen LogP) is 5.68. The van der Waals surface area contributed by atoms with Gasteiger partial charge in [-0.05, 0) is 57.8 Å². The second kappa shape index (κ2) is 17.3. The molecular formula is C34H55NNiO5S. The van der Waals surface area contributed by atoms with Gasteiger partial charge < -0.3 is 25.5 Å². The van der Waals surface area contributed by atoms with E-state index < -0.39 is 0 Å². The molecule has 6 nitrogen and oxygen atoms in total. The van der Waals surface area contributed by atoms with Crippen LogP contribution in [0.1, 0.15) is 93.2 Å². The van der Waals surface area contributed by atoms with Crippen molar-refractivity contribution in [3.63, 3.8) is 0 Å². The number of aliphatic hydroxyl groups is 3. The van der Waals surface area contributed by atoms with Crippen molar-refractivity contribution < 1.29 is 42.0 Å². The third-order valence-electron chi connectivity index (χ3n) is 6.86. The molecule has 0 atom stereocenters. The SMILES string of the molecule is CC(C)(C)CC(C)(C)c1ccc([O-])c(Sc2cc(C(C)(C)CC(C)(C)C)ccc2[O-])c1.OCCN(CCO)CCO.[Ni+2]. The second-order valence-electron chi connectivity index (χ2n) is 14.7. The van der Waals surface area contributed by atoms with Gasteiger partial charge in [-0.2, -0.15) is 0 Å². The summed E-state index contributed by atoms with van der Waals surface area (Å²) >= 11 is 1.31. The summed E-state index contributed by atoms with van der Waals surface area (Å²) < 4.78 is 0. The molecule has 0 amide bonds. The maximum absolute atomic E-state index is 12.6. The van der Waals surface area contributed by atoms with Crippen molar-refractivity contribution in [2.75, 3.05) is 39.5 Å². The Morgan fingerprint density at radius 1 is 0.595 bits per heavy atom. The van der Waals surface area contributed by atoms with Crippen molar-refractivity contribution in [2.45, 2.75) is 103 Å². The van der Waals surface area contributed by atoms with Gasteiger partial charge in [0.05, 0.1) is 19.8 Å². The van der Waals surface area contributed by atoms with Crippen molar-refractivity contribution in [1.82, 2.24) is 4.90 Å². The van der Waals surface area contributed by atoms with Gasteiger partial charge in [0.1, 0.15) is 0 Å². The minimum absolute atomic E-state index is 0. The van der Waals surface area contributed by atoms with Crippen molar-refractivity contribution in [2.24, 2.45) is 10.8 Å². The van der Waals surface area contributed by atoms with Crippen LogP contribution in [0.4, 0.5) is 0 Å². The maximum Gasteiger partial charge on any atom is 2.00 e. The molecule has 0 unspecified atom stereocenters. The Morgan fingerprint density at radius 3 is 1.17 bits per heavy atom. The molecule has 42 heavy (non-hydrogen) atoms. The molecule has 0 spiro atoms. The molecule has 2 aromatic rings. The van der Waals surface area contributed by atoms with Crippen LogP contribution in [-0.4, -0.2) is 59.7 Å². The fourth-order valence-electron chi connectivity index (χ4n) is 5.75. The van der Waals surface area contributed by atoms with Gasteiger partial charge in [0, 0.05) is 29.4 Å².